The molecule has 1 rings (SSSR count). The van der Waals surface area contributed by atoms with Crippen molar-refractivity contribution < 1.29 is 9.15 Å². The van der Waals surface area contributed by atoms with Gasteiger partial charge in [0.05, 0.1) is 0 Å². The van der Waals surface area contributed by atoms with E-state index < -0.39 is 0 Å². The predicted octanol–water partition coefficient (Wildman–Crippen LogP) is 4.43. The molecule has 0 N–H and O–H groups in total. The molecule has 0 bridgehead atoms. The summed E-state index contributed by atoms with van der Waals surface area (Å²) in [6.45, 7) is 23.6. The summed E-state index contributed by atoms with van der Waals surface area (Å²) >= 11 is 0. The first-order valence-electron chi connectivity index (χ1n) is 7.63. The lowest BCUT2D eigenvalue weighted by Gasteiger charge is -2.15. The fourth-order valence-corrected chi connectivity index (χ4v) is 2.99. The SMILES string of the molecule is C=[N+](CCC)c1c(C)c(C)c([N+](=C)CCC)c(C)c1C. The third-order valence-corrected chi connectivity index (χ3v) is 4.17. The highest BCUT2D eigenvalue weighted by atomic mass is 15.0. The maximum absolute atomic E-state index is 4.22. The van der Waals surface area contributed by atoms with Crippen LogP contribution in [0, 0.1) is 27.7 Å². The first-order valence-corrected chi connectivity index (χ1v) is 7.63. The van der Waals surface area contributed by atoms with E-state index in [0.717, 1.165) is 25.9 Å². The second-order valence-corrected chi connectivity index (χ2v) is 5.72. The lowest BCUT2D eigenvalue weighted by molar-refractivity contribution is -0.436. The average Bonchev–Trinajstić information content (AvgIpc) is 2.37. The van der Waals surface area contributed by atoms with Gasteiger partial charge >= 0.3 is 0 Å². The monoisotopic (exact) mass is 274 g/mol. The maximum atomic E-state index is 4.22. The first-order chi connectivity index (χ1) is 9.36. The zero-order valence-electron chi connectivity index (χ0n) is 14.1. The third kappa shape index (κ3) is 3.00. The summed E-state index contributed by atoms with van der Waals surface area (Å²) in [5, 5.41) is 0. The predicted molar refractivity (Wildman–Crippen MR) is 89.8 cm³/mol. The molecule has 0 atom stereocenters. The molecule has 1 aromatic rings. The van der Waals surface area contributed by atoms with Crippen LogP contribution in [0.5, 0.6) is 0 Å². The van der Waals surface area contributed by atoms with Crippen LogP contribution in [-0.2, 0) is 0 Å². The molecule has 110 valence electrons. The summed E-state index contributed by atoms with van der Waals surface area (Å²) in [7, 11) is 0. The van der Waals surface area contributed by atoms with E-state index in [2.05, 4.69) is 64.1 Å². The van der Waals surface area contributed by atoms with Gasteiger partial charge in [0.25, 0.3) is 0 Å². The van der Waals surface area contributed by atoms with Crippen molar-refractivity contribution >= 4 is 24.8 Å². The lowest BCUT2D eigenvalue weighted by atomic mass is 9.95. The van der Waals surface area contributed by atoms with Crippen LogP contribution in [0.4, 0.5) is 11.4 Å². The molecule has 0 unspecified atom stereocenters. The summed E-state index contributed by atoms with van der Waals surface area (Å²) in [4.78, 5) is 0. The van der Waals surface area contributed by atoms with E-state index in [0.29, 0.717) is 0 Å². The van der Waals surface area contributed by atoms with Crippen LogP contribution in [0.1, 0.15) is 48.9 Å². The minimum absolute atomic E-state index is 0.989. The van der Waals surface area contributed by atoms with Gasteiger partial charge in [-0.1, -0.05) is 13.8 Å². The van der Waals surface area contributed by atoms with E-state index in [1.54, 1.807) is 0 Å². The Kier molecular flexibility index (Phi) is 5.67. The number of hydrogen-bond donors (Lipinski definition) is 0. The van der Waals surface area contributed by atoms with Crippen LogP contribution < -0.4 is 0 Å². The minimum atomic E-state index is 0.989. The average molecular weight is 274 g/mol. The second-order valence-electron chi connectivity index (χ2n) is 5.72. The molecule has 0 aliphatic carbocycles. The van der Waals surface area contributed by atoms with Crippen LogP contribution in [-0.4, -0.2) is 35.7 Å². The highest BCUT2D eigenvalue weighted by Gasteiger charge is 2.26. The van der Waals surface area contributed by atoms with Crippen molar-refractivity contribution in [2.24, 2.45) is 0 Å². The van der Waals surface area contributed by atoms with Crippen LogP contribution in [0.25, 0.3) is 0 Å². The van der Waals surface area contributed by atoms with Crippen LogP contribution in [0.2, 0.25) is 0 Å². The van der Waals surface area contributed by atoms with Crippen LogP contribution >= 0.6 is 0 Å². The Hall–Kier alpha value is -1.44. The summed E-state index contributed by atoms with van der Waals surface area (Å²) in [6.07, 6.45) is 2.22. The largest absolute Gasteiger partial charge is 0.211 e. The van der Waals surface area contributed by atoms with Crippen molar-refractivity contribution in [3.8, 4) is 0 Å². The number of hydrogen-bond acceptors (Lipinski definition) is 0. The Morgan fingerprint density at radius 1 is 0.650 bits per heavy atom. The number of benzene rings is 1. The quantitative estimate of drug-likeness (QED) is 0.535. The Balaban J connectivity index is 3.49. The summed E-state index contributed by atoms with van der Waals surface area (Å²) in [5.74, 6) is 0. The highest BCUT2D eigenvalue weighted by Crippen LogP contribution is 2.36. The molecule has 0 fully saturated rings. The van der Waals surface area contributed by atoms with Gasteiger partial charge in [0.15, 0.2) is 0 Å². The fraction of sp³-hybridized carbons (Fsp3) is 0.556. The van der Waals surface area contributed by atoms with E-state index in [1.165, 1.54) is 33.6 Å². The fourth-order valence-electron chi connectivity index (χ4n) is 2.99. The van der Waals surface area contributed by atoms with Gasteiger partial charge in [0, 0.05) is 35.1 Å². The molecule has 0 saturated carbocycles. The van der Waals surface area contributed by atoms with Crippen LogP contribution in [0.3, 0.4) is 0 Å². The van der Waals surface area contributed by atoms with Gasteiger partial charge in [-0.05, 0) is 27.7 Å². The van der Waals surface area contributed by atoms with Gasteiger partial charge in [0.2, 0.25) is 11.4 Å². The minimum Gasteiger partial charge on any atom is -0.205 e. The summed E-state index contributed by atoms with van der Waals surface area (Å²) in [5.41, 5.74) is 7.89. The maximum Gasteiger partial charge on any atom is 0.211 e. The van der Waals surface area contributed by atoms with Crippen molar-refractivity contribution in [1.82, 2.24) is 0 Å². The molecule has 0 saturated heterocycles. The lowest BCUT2D eigenvalue weighted by Crippen LogP contribution is -2.13. The molecule has 0 aliphatic rings. The molecular weight excluding hydrogens is 244 g/mol. The van der Waals surface area contributed by atoms with Crippen molar-refractivity contribution in [1.29, 1.82) is 0 Å². The first kappa shape index (κ1) is 16.6. The molecule has 2 heteroatoms. The van der Waals surface area contributed by atoms with E-state index >= 15 is 0 Å². The Morgan fingerprint density at radius 3 is 1.10 bits per heavy atom. The Labute approximate surface area is 124 Å². The van der Waals surface area contributed by atoms with Crippen LogP contribution in [0.15, 0.2) is 0 Å². The summed E-state index contributed by atoms with van der Waals surface area (Å²) in [6, 6.07) is 0. The van der Waals surface area contributed by atoms with Gasteiger partial charge in [0.1, 0.15) is 26.5 Å². The van der Waals surface area contributed by atoms with E-state index in [1.807, 2.05) is 0 Å². The van der Waals surface area contributed by atoms with Gasteiger partial charge in [-0.25, -0.2) is 9.15 Å². The van der Waals surface area contributed by atoms with Crippen molar-refractivity contribution in [2.75, 3.05) is 13.1 Å². The molecular formula is C18H30N2+2. The van der Waals surface area contributed by atoms with Gasteiger partial charge < -0.3 is 0 Å². The van der Waals surface area contributed by atoms with E-state index in [9.17, 15) is 0 Å². The molecule has 2 nitrogen and oxygen atoms in total. The molecule has 0 radical (unpaired) electrons. The molecule has 0 heterocycles. The smallest absolute Gasteiger partial charge is 0.205 e. The highest BCUT2D eigenvalue weighted by molar-refractivity contribution is 5.65. The molecule has 0 aliphatic heterocycles. The zero-order chi connectivity index (χ0) is 15.4. The number of rotatable bonds is 6. The standard InChI is InChI=1S/C18H30N2/c1-9-11-19(7)17-13(3)15(5)18(16(6)14(17)4)20(8)12-10-2/h7-12H2,1-6H3/q+2. The zero-order valence-corrected chi connectivity index (χ0v) is 14.1. The molecule has 0 spiro atoms. The molecule has 0 aromatic heterocycles. The summed E-state index contributed by atoms with van der Waals surface area (Å²) < 4.78 is 4.28. The number of nitrogens with zero attached hydrogens (tertiary/aromatic N) is 2. The second kappa shape index (κ2) is 6.83. The van der Waals surface area contributed by atoms with Gasteiger partial charge in [-0.15, -0.1) is 0 Å². The third-order valence-electron chi connectivity index (χ3n) is 4.17. The van der Waals surface area contributed by atoms with E-state index in [4.69, 9.17) is 0 Å². The van der Waals surface area contributed by atoms with Gasteiger partial charge in [-0.3, -0.25) is 0 Å². The molecule has 1 aromatic carbocycles. The van der Waals surface area contributed by atoms with Gasteiger partial charge in [-0.2, -0.15) is 0 Å². The van der Waals surface area contributed by atoms with Crippen molar-refractivity contribution in [2.45, 2.75) is 54.4 Å². The normalized spacial score (nSPS) is 10.7. The topological polar surface area (TPSA) is 6.02 Å². The Morgan fingerprint density at radius 2 is 0.900 bits per heavy atom. The van der Waals surface area contributed by atoms with Crippen molar-refractivity contribution in [3.05, 3.63) is 22.3 Å². The molecule has 20 heavy (non-hydrogen) atoms. The molecule has 0 amide bonds. The van der Waals surface area contributed by atoms with E-state index in [-0.39, 0.29) is 0 Å². The van der Waals surface area contributed by atoms with Crippen molar-refractivity contribution in [3.63, 3.8) is 0 Å². The Bertz CT molecular complexity index is 461.